The molecule has 0 spiro atoms. The van der Waals surface area contributed by atoms with Gasteiger partial charge in [-0.15, -0.1) is 0 Å². The van der Waals surface area contributed by atoms with Gasteiger partial charge in [0.25, 0.3) is 0 Å². The lowest BCUT2D eigenvalue weighted by Crippen LogP contribution is -2.42. The van der Waals surface area contributed by atoms with E-state index in [-0.39, 0.29) is 0 Å². The molecule has 94 valence electrons. The van der Waals surface area contributed by atoms with E-state index in [0.717, 1.165) is 31.2 Å². The third-order valence-corrected chi connectivity index (χ3v) is 3.90. The second-order valence-electron chi connectivity index (χ2n) is 5.06. The van der Waals surface area contributed by atoms with Gasteiger partial charge in [-0.2, -0.15) is 4.98 Å². The van der Waals surface area contributed by atoms with E-state index in [9.17, 15) is 0 Å². The van der Waals surface area contributed by atoms with Crippen molar-refractivity contribution in [3.05, 3.63) is 11.7 Å². The lowest BCUT2D eigenvalue weighted by atomic mass is 10.0. The van der Waals surface area contributed by atoms with Gasteiger partial charge in [0.1, 0.15) is 0 Å². The Morgan fingerprint density at radius 2 is 2.12 bits per heavy atom. The largest absolute Gasteiger partial charge is 0.338 e. The summed E-state index contributed by atoms with van der Waals surface area (Å²) in [5.41, 5.74) is 0. The van der Waals surface area contributed by atoms with Gasteiger partial charge in [-0.3, -0.25) is 4.90 Å². The fourth-order valence-electron chi connectivity index (χ4n) is 3.08. The van der Waals surface area contributed by atoms with Crippen LogP contribution in [0.25, 0.3) is 0 Å². The minimum absolute atomic E-state index is 0.360. The smallest absolute Gasteiger partial charge is 0.243 e. The standard InChI is InChI=1S/C12H20N4O/c1-9-14-12(17-15-9)11-3-2-8-16(11)10-4-6-13-7-5-10/h10-11,13H,2-8H2,1H3. The van der Waals surface area contributed by atoms with Crippen LogP contribution in [0.1, 0.15) is 43.4 Å². The van der Waals surface area contributed by atoms with Crippen LogP contribution in [-0.2, 0) is 0 Å². The summed E-state index contributed by atoms with van der Waals surface area (Å²) in [5, 5.41) is 7.33. The van der Waals surface area contributed by atoms with Crippen LogP contribution in [0.5, 0.6) is 0 Å². The van der Waals surface area contributed by atoms with Crippen LogP contribution in [-0.4, -0.2) is 40.7 Å². The van der Waals surface area contributed by atoms with Gasteiger partial charge in [-0.25, -0.2) is 0 Å². The van der Waals surface area contributed by atoms with E-state index >= 15 is 0 Å². The van der Waals surface area contributed by atoms with E-state index in [1.54, 1.807) is 0 Å². The number of aryl methyl sites for hydroxylation is 1. The molecule has 2 aliphatic heterocycles. The molecule has 2 aliphatic rings. The molecule has 1 aromatic rings. The zero-order valence-electron chi connectivity index (χ0n) is 10.4. The molecule has 0 amide bonds. The van der Waals surface area contributed by atoms with Crippen molar-refractivity contribution < 1.29 is 4.52 Å². The molecular weight excluding hydrogens is 216 g/mol. The summed E-state index contributed by atoms with van der Waals surface area (Å²) >= 11 is 0. The van der Waals surface area contributed by atoms with Gasteiger partial charge in [-0.1, -0.05) is 5.16 Å². The summed E-state index contributed by atoms with van der Waals surface area (Å²) in [6.45, 7) is 5.33. The van der Waals surface area contributed by atoms with Crippen LogP contribution >= 0.6 is 0 Å². The highest BCUT2D eigenvalue weighted by molar-refractivity contribution is 4.98. The van der Waals surface area contributed by atoms with Crippen LogP contribution in [0, 0.1) is 6.92 Å². The molecule has 1 N–H and O–H groups in total. The van der Waals surface area contributed by atoms with Crippen molar-refractivity contribution in [2.75, 3.05) is 19.6 Å². The van der Waals surface area contributed by atoms with Crippen molar-refractivity contribution >= 4 is 0 Å². The monoisotopic (exact) mass is 236 g/mol. The van der Waals surface area contributed by atoms with E-state index in [4.69, 9.17) is 4.52 Å². The molecule has 3 heterocycles. The molecular formula is C12H20N4O. The van der Waals surface area contributed by atoms with Gasteiger partial charge < -0.3 is 9.84 Å². The minimum Gasteiger partial charge on any atom is -0.338 e. The molecule has 2 saturated heterocycles. The highest BCUT2D eigenvalue weighted by Gasteiger charge is 2.35. The molecule has 5 heteroatoms. The maximum Gasteiger partial charge on any atom is 0.243 e. The first kappa shape index (κ1) is 11.2. The number of piperidine rings is 1. The zero-order chi connectivity index (χ0) is 11.7. The van der Waals surface area contributed by atoms with Gasteiger partial charge >= 0.3 is 0 Å². The Labute approximate surface area is 102 Å². The molecule has 0 radical (unpaired) electrons. The van der Waals surface area contributed by atoms with E-state index in [2.05, 4.69) is 20.4 Å². The van der Waals surface area contributed by atoms with E-state index in [1.165, 1.54) is 25.8 Å². The Morgan fingerprint density at radius 3 is 2.82 bits per heavy atom. The molecule has 1 aromatic heterocycles. The lowest BCUT2D eigenvalue weighted by molar-refractivity contribution is 0.126. The van der Waals surface area contributed by atoms with Gasteiger partial charge in [0.15, 0.2) is 5.82 Å². The SMILES string of the molecule is Cc1noc(C2CCCN2C2CCNCC2)n1. The fraction of sp³-hybridized carbons (Fsp3) is 0.833. The molecule has 3 rings (SSSR count). The first-order chi connectivity index (χ1) is 8.34. The molecule has 0 saturated carbocycles. The summed E-state index contributed by atoms with van der Waals surface area (Å²) in [7, 11) is 0. The summed E-state index contributed by atoms with van der Waals surface area (Å²) in [6.07, 6.45) is 4.88. The molecule has 1 unspecified atom stereocenters. The Hall–Kier alpha value is -0.940. The first-order valence-electron chi connectivity index (χ1n) is 6.61. The molecule has 5 nitrogen and oxygen atoms in total. The van der Waals surface area contributed by atoms with Gasteiger partial charge in [-0.05, 0) is 52.2 Å². The molecule has 0 bridgehead atoms. The van der Waals surface area contributed by atoms with Crippen molar-refractivity contribution in [3.8, 4) is 0 Å². The van der Waals surface area contributed by atoms with Crippen molar-refractivity contribution in [2.45, 2.75) is 44.7 Å². The quantitative estimate of drug-likeness (QED) is 0.838. The topological polar surface area (TPSA) is 54.2 Å². The second kappa shape index (κ2) is 4.74. The van der Waals surface area contributed by atoms with Gasteiger partial charge in [0.2, 0.25) is 5.89 Å². The summed E-state index contributed by atoms with van der Waals surface area (Å²) < 4.78 is 5.35. The van der Waals surface area contributed by atoms with Crippen molar-refractivity contribution in [3.63, 3.8) is 0 Å². The number of hydrogen-bond donors (Lipinski definition) is 1. The summed E-state index contributed by atoms with van der Waals surface area (Å²) in [5.74, 6) is 1.57. The predicted octanol–water partition coefficient (Wildman–Crippen LogP) is 1.27. The van der Waals surface area contributed by atoms with Crippen LogP contribution < -0.4 is 5.32 Å². The number of rotatable bonds is 2. The molecule has 0 aromatic carbocycles. The van der Waals surface area contributed by atoms with Crippen LogP contribution in [0.4, 0.5) is 0 Å². The average molecular weight is 236 g/mol. The normalized spacial score (nSPS) is 27.7. The zero-order valence-corrected chi connectivity index (χ0v) is 10.4. The number of hydrogen-bond acceptors (Lipinski definition) is 5. The highest BCUT2D eigenvalue weighted by Crippen LogP contribution is 2.34. The van der Waals surface area contributed by atoms with Crippen molar-refractivity contribution in [1.29, 1.82) is 0 Å². The number of nitrogens with one attached hydrogen (secondary N) is 1. The Balaban J connectivity index is 1.74. The average Bonchev–Trinajstić information content (AvgIpc) is 2.98. The van der Waals surface area contributed by atoms with Gasteiger partial charge in [0, 0.05) is 6.04 Å². The molecule has 17 heavy (non-hydrogen) atoms. The number of nitrogens with zero attached hydrogens (tertiary/aromatic N) is 3. The Morgan fingerprint density at radius 1 is 1.29 bits per heavy atom. The molecule has 2 fully saturated rings. The highest BCUT2D eigenvalue weighted by atomic mass is 16.5. The third-order valence-electron chi connectivity index (χ3n) is 3.90. The maximum atomic E-state index is 5.35. The van der Waals surface area contributed by atoms with Crippen molar-refractivity contribution in [1.82, 2.24) is 20.4 Å². The first-order valence-corrected chi connectivity index (χ1v) is 6.61. The maximum absolute atomic E-state index is 5.35. The van der Waals surface area contributed by atoms with Crippen molar-refractivity contribution in [2.24, 2.45) is 0 Å². The van der Waals surface area contributed by atoms with E-state index in [0.29, 0.717) is 12.1 Å². The van der Waals surface area contributed by atoms with Crippen LogP contribution in [0.3, 0.4) is 0 Å². The molecule has 1 atom stereocenters. The second-order valence-corrected chi connectivity index (χ2v) is 5.06. The fourth-order valence-corrected chi connectivity index (χ4v) is 3.08. The number of aromatic nitrogens is 2. The Bertz CT molecular complexity index is 372. The van der Waals surface area contributed by atoms with Crippen LogP contribution in [0.2, 0.25) is 0 Å². The third kappa shape index (κ3) is 2.21. The summed E-state index contributed by atoms with van der Waals surface area (Å²) in [4.78, 5) is 6.98. The van der Waals surface area contributed by atoms with E-state index in [1.807, 2.05) is 6.92 Å². The predicted molar refractivity (Wildman–Crippen MR) is 63.6 cm³/mol. The van der Waals surface area contributed by atoms with Gasteiger partial charge in [0.05, 0.1) is 6.04 Å². The van der Waals surface area contributed by atoms with Crippen LogP contribution in [0.15, 0.2) is 4.52 Å². The summed E-state index contributed by atoms with van der Waals surface area (Å²) in [6, 6.07) is 1.05. The minimum atomic E-state index is 0.360. The Kier molecular flexibility index (Phi) is 3.11. The lowest BCUT2D eigenvalue weighted by Gasteiger charge is -2.34. The van der Waals surface area contributed by atoms with E-state index < -0.39 is 0 Å². The molecule has 0 aliphatic carbocycles. The number of likely N-dealkylation sites (tertiary alicyclic amines) is 1.